The van der Waals surface area contributed by atoms with Crippen LogP contribution < -0.4 is 9.46 Å². The average molecular weight is 464 g/mol. The molecule has 0 spiro atoms. The Morgan fingerprint density at radius 2 is 2.15 bits per heavy atom. The van der Waals surface area contributed by atoms with E-state index < -0.39 is 10.0 Å². The largest absolute Gasteiger partial charge is 0.478 e. The molecule has 1 N–H and O–H groups in total. The quantitative estimate of drug-likeness (QED) is 0.750. The second-order valence-electron chi connectivity index (χ2n) is 3.34. The van der Waals surface area contributed by atoms with Gasteiger partial charge >= 0.3 is 0 Å². The van der Waals surface area contributed by atoms with Crippen molar-refractivity contribution in [1.82, 2.24) is 9.97 Å². The number of hydrogen-bond donors (Lipinski definition) is 1. The summed E-state index contributed by atoms with van der Waals surface area (Å²) in [5.74, 6) is 0.0499. The summed E-state index contributed by atoms with van der Waals surface area (Å²) in [5.41, 5.74) is 0. The molecule has 2 rings (SSSR count). The van der Waals surface area contributed by atoms with Crippen molar-refractivity contribution in [2.45, 2.75) is 4.21 Å². The lowest BCUT2D eigenvalue weighted by Crippen LogP contribution is -2.14. The molecule has 0 aromatic carbocycles. The first-order valence-electron chi connectivity index (χ1n) is 4.87. The monoisotopic (exact) mass is 461 g/mol. The normalized spacial score (nSPS) is 11.4. The number of thiophene rings is 1. The zero-order chi connectivity index (χ0) is 14.9. The fraction of sp³-hybridized carbons (Fsp3) is 0.111. The van der Waals surface area contributed by atoms with Crippen LogP contribution in [-0.2, 0) is 10.0 Å². The highest BCUT2D eigenvalue weighted by molar-refractivity contribution is 9.10. The van der Waals surface area contributed by atoms with Crippen molar-refractivity contribution in [2.24, 2.45) is 0 Å². The standard InChI is InChI=1S/C9H6Br2ClN3O3S2/c1-18-8-7(13-3-5(11)14-8)15-20(16,17)9-4(10)2-6(12)19-9/h2-3H,1H3,(H,13,15). The molecule has 0 bridgehead atoms. The molecule has 6 nitrogen and oxygen atoms in total. The Labute approximate surface area is 140 Å². The Kier molecular flexibility index (Phi) is 4.90. The van der Waals surface area contributed by atoms with Gasteiger partial charge in [-0.25, -0.2) is 18.4 Å². The number of nitrogens with one attached hydrogen (secondary N) is 1. The number of anilines is 1. The predicted molar refractivity (Wildman–Crippen MR) is 84.1 cm³/mol. The van der Waals surface area contributed by atoms with Gasteiger partial charge in [-0.2, -0.15) is 0 Å². The van der Waals surface area contributed by atoms with Crippen molar-refractivity contribution < 1.29 is 13.2 Å². The van der Waals surface area contributed by atoms with Gasteiger partial charge in [-0.15, -0.1) is 11.3 Å². The van der Waals surface area contributed by atoms with Crippen LogP contribution in [-0.4, -0.2) is 25.5 Å². The minimum atomic E-state index is -3.83. The molecule has 0 aliphatic heterocycles. The third-order valence-corrected chi connectivity index (χ3v) is 6.67. The number of rotatable bonds is 4. The Hall–Kier alpha value is -0.420. The highest BCUT2D eigenvalue weighted by Crippen LogP contribution is 2.36. The van der Waals surface area contributed by atoms with Gasteiger partial charge in [0.15, 0.2) is 4.21 Å². The first-order valence-corrected chi connectivity index (χ1v) is 9.14. The van der Waals surface area contributed by atoms with Gasteiger partial charge in [-0.3, -0.25) is 4.72 Å². The molecule has 2 heterocycles. The highest BCUT2D eigenvalue weighted by atomic mass is 79.9. The molecule has 2 aromatic heterocycles. The number of aromatic nitrogens is 2. The van der Waals surface area contributed by atoms with E-state index in [4.69, 9.17) is 16.3 Å². The summed E-state index contributed by atoms with van der Waals surface area (Å²) in [5, 5.41) is 0. The molecule has 11 heteroatoms. The smallest absolute Gasteiger partial charge is 0.273 e. The fourth-order valence-corrected chi connectivity index (χ4v) is 5.53. The van der Waals surface area contributed by atoms with Crippen LogP contribution in [0, 0.1) is 0 Å². The van der Waals surface area contributed by atoms with Crippen LogP contribution in [0.25, 0.3) is 0 Å². The molecule has 20 heavy (non-hydrogen) atoms. The van der Waals surface area contributed by atoms with Crippen molar-refractivity contribution in [3.05, 3.63) is 25.7 Å². The van der Waals surface area contributed by atoms with Gasteiger partial charge in [0.2, 0.25) is 5.82 Å². The summed E-state index contributed by atoms with van der Waals surface area (Å²) in [6.07, 6.45) is 1.36. The molecule has 0 saturated heterocycles. The van der Waals surface area contributed by atoms with Gasteiger partial charge in [-0.1, -0.05) is 11.6 Å². The molecule has 2 aromatic rings. The minimum absolute atomic E-state index is 0.00729. The average Bonchev–Trinajstić information content (AvgIpc) is 2.71. The van der Waals surface area contributed by atoms with E-state index in [1.54, 1.807) is 0 Å². The Bertz CT molecular complexity index is 751. The molecule has 0 radical (unpaired) electrons. The molecule has 0 amide bonds. The van der Waals surface area contributed by atoms with Crippen molar-refractivity contribution >= 4 is 70.6 Å². The van der Waals surface area contributed by atoms with Crippen molar-refractivity contribution in [2.75, 3.05) is 11.8 Å². The van der Waals surface area contributed by atoms with Crippen LogP contribution in [0.1, 0.15) is 0 Å². The van der Waals surface area contributed by atoms with E-state index in [-0.39, 0.29) is 15.9 Å². The first-order chi connectivity index (χ1) is 9.33. The number of nitrogens with zero attached hydrogens (tertiary/aromatic N) is 2. The summed E-state index contributed by atoms with van der Waals surface area (Å²) in [4.78, 5) is 7.90. The van der Waals surface area contributed by atoms with Crippen molar-refractivity contribution in [1.29, 1.82) is 0 Å². The molecule has 0 atom stereocenters. The zero-order valence-electron chi connectivity index (χ0n) is 9.72. The van der Waals surface area contributed by atoms with E-state index in [0.29, 0.717) is 13.4 Å². The predicted octanol–water partition coefficient (Wildman–Crippen LogP) is 3.53. The third kappa shape index (κ3) is 3.42. The van der Waals surface area contributed by atoms with E-state index in [9.17, 15) is 8.42 Å². The lowest BCUT2D eigenvalue weighted by Gasteiger charge is -2.09. The van der Waals surface area contributed by atoms with Gasteiger partial charge in [-0.05, 0) is 37.9 Å². The lowest BCUT2D eigenvalue weighted by atomic mass is 10.6. The van der Waals surface area contributed by atoms with E-state index >= 15 is 0 Å². The van der Waals surface area contributed by atoms with Gasteiger partial charge in [0.1, 0.15) is 4.60 Å². The van der Waals surface area contributed by atoms with E-state index in [2.05, 4.69) is 46.5 Å². The molecule has 0 aliphatic carbocycles. The van der Waals surface area contributed by atoms with Crippen LogP contribution in [0.5, 0.6) is 5.88 Å². The summed E-state index contributed by atoms with van der Waals surface area (Å²) < 4.78 is 33.0. The summed E-state index contributed by atoms with van der Waals surface area (Å²) in [6.45, 7) is 0. The Balaban J connectivity index is 2.41. The number of sulfonamides is 1. The number of hydrogen-bond acceptors (Lipinski definition) is 6. The maximum Gasteiger partial charge on any atom is 0.273 e. The molecular formula is C9H6Br2ClN3O3S2. The molecule has 108 valence electrons. The van der Waals surface area contributed by atoms with Crippen LogP contribution in [0.3, 0.4) is 0 Å². The number of halogens is 3. The SMILES string of the molecule is COc1nc(Br)cnc1NS(=O)(=O)c1sc(Cl)cc1Br. The second kappa shape index (κ2) is 6.14. The van der Waals surface area contributed by atoms with Crippen LogP contribution in [0.2, 0.25) is 4.34 Å². The second-order valence-corrected chi connectivity index (χ2v) is 8.57. The molecule has 0 fully saturated rings. The van der Waals surface area contributed by atoms with Crippen LogP contribution in [0.4, 0.5) is 5.82 Å². The van der Waals surface area contributed by atoms with Crippen LogP contribution >= 0.6 is 54.8 Å². The summed E-state index contributed by atoms with van der Waals surface area (Å²) >= 11 is 13.0. The van der Waals surface area contributed by atoms with E-state index in [0.717, 1.165) is 11.3 Å². The zero-order valence-corrected chi connectivity index (χ0v) is 15.3. The van der Waals surface area contributed by atoms with Gasteiger partial charge in [0.05, 0.1) is 22.1 Å². The topological polar surface area (TPSA) is 81.2 Å². The first kappa shape index (κ1) is 16.0. The third-order valence-electron chi connectivity index (χ3n) is 2.00. The van der Waals surface area contributed by atoms with E-state index in [1.807, 2.05) is 0 Å². The Morgan fingerprint density at radius 3 is 2.70 bits per heavy atom. The maximum atomic E-state index is 12.3. The van der Waals surface area contributed by atoms with Gasteiger partial charge in [0.25, 0.3) is 15.9 Å². The molecule has 0 saturated carbocycles. The van der Waals surface area contributed by atoms with Crippen molar-refractivity contribution in [3.8, 4) is 5.88 Å². The summed E-state index contributed by atoms with van der Waals surface area (Å²) in [7, 11) is -2.46. The Morgan fingerprint density at radius 1 is 1.45 bits per heavy atom. The van der Waals surface area contributed by atoms with Crippen molar-refractivity contribution in [3.63, 3.8) is 0 Å². The molecule has 0 unspecified atom stereocenters. The molecular weight excluding hydrogens is 458 g/mol. The van der Waals surface area contributed by atoms with Gasteiger partial charge in [0, 0.05) is 0 Å². The highest BCUT2D eigenvalue weighted by Gasteiger charge is 2.23. The molecule has 0 aliphatic rings. The lowest BCUT2D eigenvalue weighted by molar-refractivity contribution is 0.397. The minimum Gasteiger partial charge on any atom is -0.478 e. The summed E-state index contributed by atoms with van der Waals surface area (Å²) in [6, 6.07) is 1.51. The van der Waals surface area contributed by atoms with Gasteiger partial charge < -0.3 is 4.74 Å². The van der Waals surface area contributed by atoms with E-state index in [1.165, 1.54) is 19.4 Å². The van der Waals surface area contributed by atoms with Crippen LogP contribution in [0.15, 0.2) is 25.5 Å². The maximum absolute atomic E-state index is 12.3. The fourth-order valence-electron chi connectivity index (χ4n) is 1.25. The number of ether oxygens (including phenoxy) is 1. The number of methoxy groups -OCH3 is 1.